The quantitative estimate of drug-likeness (QED) is 0.245. The van der Waals surface area contributed by atoms with Crippen molar-refractivity contribution in [3.8, 4) is 22.8 Å². The first-order valence-corrected chi connectivity index (χ1v) is 14.7. The molecule has 0 aliphatic carbocycles. The molecule has 0 fully saturated rings. The third-order valence-electron chi connectivity index (χ3n) is 5.54. The molecule has 0 atom stereocenters. The molecular formula is C25H27N5O2Si. The lowest BCUT2D eigenvalue weighted by atomic mass is 10.1. The number of oxazole rings is 1. The van der Waals surface area contributed by atoms with Crippen molar-refractivity contribution in [3.63, 3.8) is 0 Å². The molecule has 0 spiro atoms. The minimum atomic E-state index is -1.16. The van der Waals surface area contributed by atoms with Crippen LogP contribution < -0.4 is 5.73 Å². The van der Waals surface area contributed by atoms with Crippen LogP contribution in [0.2, 0.25) is 25.7 Å². The van der Waals surface area contributed by atoms with Gasteiger partial charge in [-0.15, -0.1) is 0 Å². The van der Waals surface area contributed by atoms with Crippen LogP contribution in [0.5, 0.6) is 0 Å². The molecule has 0 aliphatic rings. The number of aromatic nitrogens is 4. The summed E-state index contributed by atoms with van der Waals surface area (Å²) in [7, 11) is -1.16. The van der Waals surface area contributed by atoms with Crippen molar-refractivity contribution in [2.24, 2.45) is 0 Å². The topological polar surface area (TPSA) is 92.0 Å². The van der Waals surface area contributed by atoms with E-state index >= 15 is 0 Å². The molecule has 0 saturated heterocycles. The summed E-state index contributed by atoms with van der Waals surface area (Å²) >= 11 is 0. The maximum atomic E-state index is 6.18. The van der Waals surface area contributed by atoms with Crippen LogP contribution in [-0.4, -0.2) is 34.2 Å². The number of para-hydroxylation sites is 2. The predicted octanol–water partition coefficient (Wildman–Crippen LogP) is 5.80. The summed E-state index contributed by atoms with van der Waals surface area (Å²) in [4.78, 5) is 13.7. The van der Waals surface area contributed by atoms with Gasteiger partial charge < -0.3 is 14.9 Å². The second-order valence-electron chi connectivity index (χ2n) is 9.41. The zero-order valence-electron chi connectivity index (χ0n) is 19.1. The first-order valence-electron chi connectivity index (χ1n) is 11.0. The summed E-state index contributed by atoms with van der Waals surface area (Å²) in [5.41, 5.74) is 11.7. The lowest BCUT2D eigenvalue weighted by Crippen LogP contribution is -2.22. The van der Waals surface area contributed by atoms with Crippen LogP contribution in [0.4, 0.5) is 5.69 Å². The number of nitrogens with two attached hydrogens (primary N) is 1. The Morgan fingerprint density at radius 2 is 1.82 bits per heavy atom. The van der Waals surface area contributed by atoms with Crippen molar-refractivity contribution < 1.29 is 9.15 Å². The van der Waals surface area contributed by atoms with E-state index in [1.165, 1.54) is 0 Å². The van der Waals surface area contributed by atoms with Crippen molar-refractivity contribution in [1.82, 2.24) is 19.5 Å². The summed E-state index contributed by atoms with van der Waals surface area (Å²) in [6, 6.07) is 16.9. The van der Waals surface area contributed by atoms with E-state index in [9.17, 15) is 0 Å². The van der Waals surface area contributed by atoms with Crippen LogP contribution >= 0.6 is 0 Å². The molecule has 2 N–H and O–H groups in total. The Labute approximate surface area is 193 Å². The van der Waals surface area contributed by atoms with Gasteiger partial charge in [-0.2, -0.15) is 0 Å². The van der Waals surface area contributed by atoms with Gasteiger partial charge in [0.2, 0.25) is 0 Å². The Bertz CT molecular complexity index is 1430. The number of ether oxygens (including phenoxy) is 1. The number of anilines is 1. The minimum Gasteiger partial charge on any atom is -0.434 e. The highest BCUT2D eigenvalue weighted by Gasteiger charge is 2.19. The van der Waals surface area contributed by atoms with Gasteiger partial charge >= 0.3 is 0 Å². The molecule has 8 heteroatoms. The second kappa shape index (κ2) is 8.46. The van der Waals surface area contributed by atoms with Gasteiger partial charge in [0.25, 0.3) is 5.89 Å². The molecule has 5 aromatic rings. The SMILES string of the molecule is C[Si](C)(C)CCOCn1c(-c2nc3ccc(-c4cncc(N)c4)cc3o2)nc2ccccc21. The molecule has 0 saturated carbocycles. The van der Waals surface area contributed by atoms with Gasteiger partial charge in [0, 0.05) is 32.6 Å². The minimum absolute atomic E-state index is 0.402. The maximum absolute atomic E-state index is 6.18. The number of nitrogens with zero attached hydrogens (tertiary/aromatic N) is 4. The monoisotopic (exact) mass is 457 g/mol. The van der Waals surface area contributed by atoms with Gasteiger partial charge in [0.15, 0.2) is 11.4 Å². The lowest BCUT2D eigenvalue weighted by Gasteiger charge is -2.16. The Kier molecular flexibility index (Phi) is 5.47. The fourth-order valence-electron chi connectivity index (χ4n) is 3.72. The molecule has 0 bridgehead atoms. The predicted molar refractivity (Wildman–Crippen MR) is 134 cm³/mol. The number of fused-ring (bicyclic) bond motifs is 2. The van der Waals surface area contributed by atoms with E-state index in [-0.39, 0.29) is 0 Å². The zero-order chi connectivity index (χ0) is 23.0. The normalized spacial score (nSPS) is 12.1. The van der Waals surface area contributed by atoms with Gasteiger partial charge in [-0.05, 0) is 41.9 Å². The number of nitrogen functional groups attached to an aromatic ring is 1. The van der Waals surface area contributed by atoms with Crippen LogP contribution in [0.3, 0.4) is 0 Å². The van der Waals surface area contributed by atoms with Gasteiger partial charge in [-0.3, -0.25) is 9.55 Å². The van der Waals surface area contributed by atoms with Crippen molar-refractivity contribution in [2.45, 2.75) is 32.4 Å². The summed E-state index contributed by atoms with van der Waals surface area (Å²) in [5.74, 6) is 1.13. The van der Waals surface area contributed by atoms with E-state index in [0.29, 0.717) is 29.7 Å². The van der Waals surface area contributed by atoms with Crippen LogP contribution in [0.25, 0.3) is 45.0 Å². The largest absolute Gasteiger partial charge is 0.434 e. The fraction of sp³-hybridized carbons (Fsp3) is 0.240. The summed E-state index contributed by atoms with van der Waals surface area (Å²) in [6.45, 7) is 8.18. The Morgan fingerprint density at radius 1 is 0.970 bits per heavy atom. The molecule has 2 aromatic carbocycles. The number of benzene rings is 2. The van der Waals surface area contributed by atoms with E-state index in [0.717, 1.165) is 40.3 Å². The molecular weight excluding hydrogens is 430 g/mol. The number of hydrogen-bond acceptors (Lipinski definition) is 6. The third kappa shape index (κ3) is 4.53. The van der Waals surface area contributed by atoms with Gasteiger partial charge in [0.1, 0.15) is 12.2 Å². The molecule has 3 heterocycles. The first-order chi connectivity index (χ1) is 15.9. The molecule has 7 nitrogen and oxygen atoms in total. The molecule has 0 amide bonds. The molecule has 5 rings (SSSR count). The van der Waals surface area contributed by atoms with Crippen LogP contribution in [0.15, 0.2) is 65.3 Å². The second-order valence-corrected chi connectivity index (χ2v) is 15.0. The Hall–Kier alpha value is -3.49. The van der Waals surface area contributed by atoms with Gasteiger partial charge in [0.05, 0.1) is 16.7 Å². The molecule has 0 radical (unpaired) electrons. The highest BCUT2D eigenvalue weighted by Crippen LogP contribution is 2.30. The summed E-state index contributed by atoms with van der Waals surface area (Å²) < 4.78 is 14.3. The number of rotatable bonds is 7. The number of hydrogen-bond donors (Lipinski definition) is 1. The Balaban J connectivity index is 1.51. The fourth-order valence-corrected chi connectivity index (χ4v) is 4.48. The van der Waals surface area contributed by atoms with E-state index < -0.39 is 8.07 Å². The first kappa shape index (κ1) is 21.4. The van der Waals surface area contributed by atoms with Gasteiger partial charge in [-0.25, -0.2) is 9.97 Å². The summed E-state index contributed by atoms with van der Waals surface area (Å²) in [6.07, 6.45) is 3.41. The van der Waals surface area contributed by atoms with Crippen LogP contribution in [0, 0.1) is 0 Å². The number of imidazole rings is 1. The maximum Gasteiger partial charge on any atom is 0.264 e. The molecule has 0 aliphatic heterocycles. The Morgan fingerprint density at radius 3 is 2.64 bits per heavy atom. The summed E-state index contributed by atoms with van der Waals surface area (Å²) in [5, 5.41) is 0. The highest BCUT2D eigenvalue weighted by atomic mass is 28.3. The van der Waals surface area contributed by atoms with Crippen LogP contribution in [-0.2, 0) is 11.5 Å². The smallest absolute Gasteiger partial charge is 0.264 e. The third-order valence-corrected chi connectivity index (χ3v) is 7.25. The van der Waals surface area contributed by atoms with Crippen molar-refractivity contribution in [3.05, 3.63) is 60.9 Å². The van der Waals surface area contributed by atoms with Gasteiger partial charge in [-0.1, -0.05) is 37.8 Å². The number of pyridine rings is 1. The lowest BCUT2D eigenvalue weighted by molar-refractivity contribution is 0.0906. The average molecular weight is 458 g/mol. The van der Waals surface area contributed by atoms with E-state index in [1.54, 1.807) is 12.4 Å². The van der Waals surface area contributed by atoms with E-state index in [4.69, 9.17) is 24.9 Å². The van der Waals surface area contributed by atoms with Crippen molar-refractivity contribution >= 4 is 35.9 Å². The molecule has 0 unspecified atom stereocenters. The standard InChI is InChI=1S/C25H27N5O2Si/c1-33(2,3)11-10-31-16-30-22-7-5-4-6-20(22)28-24(30)25-29-21-9-8-17(13-23(21)32-25)18-12-19(26)15-27-14-18/h4-9,12-15H,10-11,16,26H2,1-3H3. The van der Waals surface area contributed by atoms with Crippen molar-refractivity contribution in [2.75, 3.05) is 12.3 Å². The van der Waals surface area contributed by atoms with E-state index in [2.05, 4.69) is 24.6 Å². The van der Waals surface area contributed by atoms with Crippen molar-refractivity contribution in [1.29, 1.82) is 0 Å². The zero-order valence-corrected chi connectivity index (χ0v) is 20.1. The highest BCUT2D eigenvalue weighted by molar-refractivity contribution is 6.76. The molecule has 3 aromatic heterocycles. The average Bonchev–Trinajstić information content (AvgIpc) is 3.37. The van der Waals surface area contributed by atoms with E-state index in [1.807, 2.05) is 53.1 Å². The molecule has 33 heavy (non-hydrogen) atoms. The van der Waals surface area contributed by atoms with Crippen LogP contribution in [0.1, 0.15) is 0 Å². The molecule has 168 valence electrons.